The monoisotopic (exact) mass is 351 g/mol. The summed E-state index contributed by atoms with van der Waals surface area (Å²) in [6.45, 7) is 4.28. The van der Waals surface area contributed by atoms with Gasteiger partial charge in [0.25, 0.3) is 5.89 Å². The average Bonchev–Trinajstić information content (AvgIpc) is 3.27. The van der Waals surface area contributed by atoms with Crippen LogP contribution in [0.4, 0.5) is 4.39 Å². The second-order valence-corrected chi connectivity index (χ2v) is 6.33. The maximum Gasteiger partial charge on any atom is 0.258 e. The Morgan fingerprint density at radius 3 is 2.77 bits per heavy atom. The summed E-state index contributed by atoms with van der Waals surface area (Å²) in [6, 6.07) is 13.0. The van der Waals surface area contributed by atoms with Crippen LogP contribution in [-0.4, -0.2) is 21.8 Å². The second kappa shape index (κ2) is 6.29. The molecule has 0 saturated heterocycles. The Labute approximate surface area is 150 Å². The van der Waals surface area contributed by atoms with E-state index in [0.29, 0.717) is 17.7 Å². The fraction of sp³-hybridized carbons (Fsp3) is 0.200. The Kier molecular flexibility index (Phi) is 3.95. The van der Waals surface area contributed by atoms with Crippen LogP contribution in [0.1, 0.15) is 19.9 Å². The topological polar surface area (TPSA) is 53.1 Å². The lowest BCUT2D eigenvalue weighted by molar-refractivity contribution is 0.410. The molecule has 2 heterocycles. The first-order chi connectivity index (χ1) is 12.6. The smallest absolute Gasteiger partial charge is 0.258 e. The zero-order valence-electron chi connectivity index (χ0n) is 14.7. The SMILES string of the molecule is COc1cccc(F)c1-c1noc(-c2ccc3c(ccn3C(C)C)c2)n1. The summed E-state index contributed by atoms with van der Waals surface area (Å²) in [5.74, 6) is 0.405. The molecule has 2 aromatic carbocycles. The molecule has 0 spiro atoms. The number of fused-ring (bicyclic) bond motifs is 1. The highest BCUT2D eigenvalue weighted by Crippen LogP contribution is 2.32. The molecule has 4 aromatic rings. The van der Waals surface area contributed by atoms with Gasteiger partial charge in [-0.2, -0.15) is 4.98 Å². The summed E-state index contributed by atoms with van der Waals surface area (Å²) < 4.78 is 27.0. The van der Waals surface area contributed by atoms with Gasteiger partial charge in [-0.15, -0.1) is 0 Å². The second-order valence-electron chi connectivity index (χ2n) is 6.33. The van der Waals surface area contributed by atoms with Crippen molar-refractivity contribution in [1.82, 2.24) is 14.7 Å². The van der Waals surface area contributed by atoms with Gasteiger partial charge >= 0.3 is 0 Å². The fourth-order valence-corrected chi connectivity index (χ4v) is 3.08. The third kappa shape index (κ3) is 2.63. The van der Waals surface area contributed by atoms with E-state index in [1.54, 1.807) is 12.1 Å². The zero-order chi connectivity index (χ0) is 18.3. The van der Waals surface area contributed by atoms with E-state index >= 15 is 0 Å². The van der Waals surface area contributed by atoms with E-state index in [-0.39, 0.29) is 11.4 Å². The lowest BCUT2D eigenvalue weighted by Gasteiger charge is -2.09. The zero-order valence-corrected chi connectivity index (χ0v) is 14.7. The number of nitrogens with zero attached hydrogens (tertiary/aromatic N) is 3. The van der Waals surface area contributed by atoms with Crippen LogP contribution in [0, 0.1) is 5.82 Å². The van der Waals surface area contributed by atoms with Crippen molar-refractivity contribution in [1.29, 1.82) is 0 Å². The van der Waals surface area contributed by atoms with E-state index in [4.69, 9.17) is 9.26 Å². The van der Waals surface area contributed by atoms with E-state index in [9.17, 15) is 4.39 Å². The van der Waals surface area contributed by atoms with Gasteiger partial charge in [-0.1, -0.05) is 11.2 Å². The van der Waals surface area contributed by atoms with Crippen LogP contribution >= 0.6 is 0 Å². The van der Waals surface area contributed by atoms with Gasteiger partial charge in [-0.05, 0) is 50.2 Å². The van der Waals surface area contributed by atoms with Crippen LogP contribution in [0.2, 0.25) is 0 Å². The molecule has 0 N–H and O–H groups in total. The summed E-state index contributed by atoms with van der Waals surface area (Å²) >= 11 is 0. The van der Waals surface area contributed by atoms with E-state index in [1.807, 2.05) is 18.2 Å². The first-order valence-corrected chi connectivity index (χ1v) is 8.36. The Morgan fingerprint density at radius 1 is 1.15 bits per heavy atom. The number of halogens is 1. The van der Waals surface area contributed by atoms with Crippen molar-refractivity contribution in [2.75, 3.05) is 7.11 Å². The Hall–Kier alpha value is -3.15. The molecule has 6 heteroatoms. The standard InChI is InChI=1S/C20H18FN3O2/c1-12(2)24-10-9-13-11-14(7-8-16(13)24)20-22-19(23-26-20)18-15(21)5-4-6-17(18)25-3/h4-12H,1-3H3. The number of hydrogen-bond donors (Lipinski definition) is 0. The lowest BCUT2D eigenvalue weighted by atomic mass is 10.1. The van der Waals surface area contributed by atoms with Gasteiger partial charge in [-0.25, -0.2) is 4.39 Å². The number of rotatable bonds is 4. The third-order valence-electron chi connectivity index (χ3n) is 4.37. The highest BCUT2D eigenvalue weighted by molar-refractivity contribution is 5.84. The van der Waals surface area contributed by atoms with Crippen LogP contribution in [0.3, 0.4) is 0 Å². The van der Waals surface area contributed by atoms with Crippen LogP contribution in [0.15, 0.2) is 53.2 Å². The van der Waals surface area contributed by atoms with Gasteiger partial charge in [0, 0.05) is 28.7 Å². The lowest BCUT2D eigenvalue weighted by Crippen LogP contribution is -1.97. The van der Waals surface area contributed by atoms with Crippen molar-refractivity contribution in [3.05, 3.63) is 54.5 Å². The summed E-state index contributed by atoms with van der Waals surface area (Å²) in [4.78, 5) is 4.36. The molecule has 0 radical (unpaired) electrons. The molecular formula is C20H18FN3O2. The van der Waals surface area contributed by atoms with Gasteiger partial charge in [0.1, 0.15) is 17.1 Å². The van der Waals surface area contributed by atoms with Gasteiger partial charge in [0.05, 0.1) is 7.11 Å². The molecule has 0 fully saturated rings. The molecule has 0 saturated carbocycles. The molecule has 0 atom stereocenters. The van der Waals surface area contributed by atoms with Crippen molar-refractivity contribution in [2.24, 2.45) is 0 Å². The molecule has 0 aliphatic rings. The maximum absolute atomic E-state index is 14.2. The van der Waals surface area contributed by atoms with Gasteiger partial charge < -0.3 is 13.8 Å². The number of hydrogen-bond acceptors (Lipinski definition) is 4. The van der Waals surface area contributed by atoms with Gasteiger partial charge in [0.15, 0.2) is 0 Å². The predicted molar refractivity (Wildman–Crippen MR) is 97.6 cm³/mol. The van der Waals surface area contributed by atoms with Crippen LogP contribution in [0.5, 0.6) is 5.75 Å². The number of ether oxygens (including phenoxy) is 1. The van der Waals surface area contributed by atoms with E-state index in [1.165, 1.54) is 13.2 Å². The Bertz CT molecular complexity index is 1080. The molecule has 0 amide bonds. The third-order valence-corrected chi connectivity index (χ3v) is 4.37. The Morgan fingerprint density at radius 2 is 2.00 bits per heavy atom. The van der Waals surface area contributed by atoms with Gasteiger partial charge in [0.2, 0.25) is 5.82 Å². The van der Waals surface area contributed by atoms with Crippen LogP contribution in [0.25, 0.3) is 33.7 Å². The molecule has 5 nitrogen and oxygen atoms in total. The minimum Gasteiger partial charge on any atom is -0.496 e. The highest BCUT2D eigenvalue weighted by Gasteiger charge is 2.19. The van der Waals surface area contributed by atoms with Crippen molar-refractivity contribution >= 4 is 10.9 Å². The largest absolute Gasteiger partial charge is 0.496 e. The molecule has 4 rings (SSSR count). The summed E-state index contributed by atoms with van der Waals surface area (Å²) in [5.41, 5.74) is 2.12. The van der Waals surface area contributed by atoms with E-state index in [2.05, 4.69) is 40.8 Å². The predicted octanol–water partition coefficient (Wildman–Crippen LogP) is 5.09. The highest BCUT2D eigenvalue weighted by atomic mass is 19.1. The van der Waals surface area contributed by atoms with E-state index in [0.717, 1.165) is 16.5 Å². The van der Waals surface area contributed by atoms with Crippen molar-refractivity contribution in [3.63, 3.8) is 0 Å². The van der Waals surface area contributed by atoms with E-state index < -0.39 is 5.82 Å². The summed E-state index contributed by atoms with van der Waals surface area (Å²) in [6.07, 6.45) is 2.06. The van der Waals surface area contributed by atoms with Crippen molar-refractivity contribution in [2.45, 2.75) is 19.9 Å². The van der Waals surface area contributed by atoms with Crippen LogP contribution in [-0.2, 0) is 0 Å². The number of aromatic nitrogens is 3. The molecule has 0 unspecified atom stereocenters. The minimum atomic E-state index is -0.457. The van der Waals surface area contributed by atoms with Crippen molar-refractivity contribution in [3.8, 4) is 28.6 Å². The quantitative estimate of drug-likeness (QED) is 0.514. The molecular weight excluding hydrogens is 333 g/mol. The first kappa shape index (κ1) is 16.3. The summed E-state index contributed by atoms with van der Waals surface area (Å²) in [7, 11) is 1.48. The van der Waals surface area contributed by atoms with Crippen LogP contribution < -0.4 is 4.74 Å². The molecule has 2 aromatic heterocycles. The maximum atomic E-state index is 14.2. The summed E-state index contributed by atoms with van der Waals surface area (Å²) in [5, 5.41) is 5.02. The molecule has 0 bridgehead atoms. The molecule has 0 aliphatic heterocycles. The molecule has 0 aliphatic carbocycles. The Balaban J connectivity index is 1.76. The number of methoxy groups -OCH3 is 1. The minimum absolute atomic E-state index is 0.162. The van der Waals surface area contributed by atoms with Gasteiger partial charge in [-0.3, -0.25) is 0 Å². The number of benzene rings is 2. The molecule has 26 heavy (non-hydrogen) atoms. The normalized spacial score (nSPS) is 11.4. The average molecular weight is 351 g/mol. The first-order valence-electron chi connectivity index (χ1n) is 8.36. The molecule has 132 valence electrons. The van der Waals surface area contributed by atoms with Crippen molar-refractivity contribution < 1.29 is 13.7 Å². The fourth-order valence-electron chi connectivity index (χ4n) is 3.08.